The van der Waals surface area contributed by atoms with Crippen molar-refractivity contribution in [1.82, 2.24) is 4.98 Å². The number of nitrogens with zero attached hydrogens (tertiary/aromatic N) is 1. The SMILES string of the molecule is CCc1nc2cc(O)c3ccccc3c2o1. The van der Waals surface area contributed by atoms with E-state index in [9.17, 15) is 5.11 Å². The van der Waals surface area contributed by atoms with E-state index in [0.717, 1.165) is 22.8 Å². The van der Waals surface area contributed by atoms with E-state index in [2.05, 4.69) is 4.98 Å². The van der Waals surface area contributed by atoms with Crippen LogP contribution in [0.3, 0.4) is 0 Å². The maximum atomic E-state index is 9.87. The molecule has 80 valence electrons. The third-order valence-corrected chi connectivity index (χ3v) is 2.72. The molecule has 0 fully saturated rings. The summed E-state index contributed by atoms with van der Waals surface area (Å²) in [5, 5.41) is 11.6. The van der Waals surface area contributed by atoms with Crippen molar-refractivity contribution in [3.63, 3.8) is 0 Å². The molecule has 1 heterocycles. The summed E-state index contributed by atoms with van der Waals surface area (Å²) in [6, 6.07) is 9.28. The molecular weight excluding hydrogens is 202 g/mol. The van der Waals surface area contributed by atoms with E-state index in [-0.39, 0.29) is 5.75 Å². The lowest BCUT2D eigenvalue weighted by Crippen LogP contribution is -1.76. The van der Waals surface area contributed by atoms with Crippen LogP contribution in [0.1, 0.15) is 12.8 Å². The molecule has 0 aliphatic carbocycles. The maximum absolute atomic E-state index is 9.87. The second kappa shape index (κ2) is 3.23. The van der Waals surface area contributed by atoms with E-state index in [1.54, 1.807) is 6.07 Å². The van der Waals surface area contributed by atoms with Crippen LogP contribution in [0.15, 0.2) is 34.7 Å². The molecule has 2 aromatic carbocycles. The Morgan fingerprint density at radius 1 is 1.25 bits per heavy atom. The average molecular weight is 213 g/mol. The van der Waals surface area contributed by atoms with Crippen molar-refractivity contribution in [2.45, 2.75) is 13.3 Å². The van der Waals surface area contributed by atoms with Crippen LogP contribution < -0.4 is 0 Å². The zero-order chi connectivity index (χ0) is 11.1. The van der Waals surface area contributed by atoms with Gasteiger partial charge in [-0.05, 0) is 0 Å². The molecule has 0 bridgehead atoms. The van der Waals surface area contributed by atoms with Crippen LogP contribution in [0.2, 0.25) is 0 Å². The molecule has 0 atom stereocenters. The fourth-order valence-electron chi connectivity index (χ4n) is 1.93. The third-order valence-electron chi connectivity index (χ3n) is 2.72. The van der Waals surface area contributed by atoms with Gasteiger partial charge in [0.2, 0.25) is 0 Å². The van der Waals surface area contributed by atoms with Gasteiger partial charge in [-0.1, -0.05) is 31.2 Å². The number of hydrogen-bond acceptors (Lipinski definition) is 3. The van der Waals surface area contributed by atoms with Gasteiger partial charge in [0.1, 0.15) is 11.3 Å². The summed E-state index contributed by atoms with van der Waals surface area (Å²) in [4.78, 5) is 4.32. The van der Waals surface area contributed by atoms with Crippen molar-refractivity contribution in [2.75, 3.05) is 0 Å². The monoisotopic (exact) mass is 213 g/mol. The Balaban J connectivity index is 2.52. The second-order valence-electron chi connectivity index (χ2n) is 3.75. The number of rotatable bonds is 1. The van der Waals surface area contributed by atoms with Crippen LogP contribution >= 0.6 is 0 Å². The summed E-state index contributed by atoms with van der Waals surface area (Å²) in [6.07, 6.45) is 0.754. The van der Waals surface area contributed by atoms with Gasteiger partial charge in [0.15, 0.2) is 11.5 Å². The van der Waals surface area contributed by atoms with Gasteiger partial charge in [0.25, 0.3) is 0 Å². The van der Waals surface area contributed by atoms with Crippen LogP contribution in [0.4, 0.5) is 0 Å². The van der Waals surface area contributed by atoms with Gasteiger partial charge >= 0.3 is 0 Å². The van der Waals surface area contributed by atoms with Crippen molar-refractivity contribution in [1.29, 1.82) is 0 Å². The van der Waals surface area contributed by atoms with E-state index < -0.39 is 0 Å². The number of phenolic OH excluding ortho intramolecular Hbond substituents is 1. The van der Waals surface area contributed by atoms with Crippen molar-refractivity contribution < 1.29 is 9.52 Å². The van der Waals surface area contributed by atoms with Crippen LogP contribution in [0.25, 0.3) is 21.9 Å². The van der Waals surface area contributed by atoms with E-state index >= 15 is 0 Å². The minimum absolute atomic E-state index is 0.249. The van der Waals surface area contributed by atoms with Gasteiger partial charge in [-0.2, -0.15) is 0 Å². The topological polar surface area (TPSA) is 46.3 Å². The number of aromatic hydroxyl groups is 1. The number of oxazole rings is 1. The van der Waals surface area contributed by atoms with E-state index in [0.29, 0.717) is 11.4 Å². The molecule has 0 unspecified atom stereocenters. The first-order chi connectivity index (χ1) is 7.79. The molecule has 1 N–H and O–H groups in total. The lowest BCUT2D eigenvalue weighted by molar-refractivity contribution is 0.482. The number of fused-ring (bicyclic) bond motifs is 3. The maximum Gasteiger partial charge on any atom is 0.195 e. The molecule has 3 rings (SSSR count). The highest BCUT2D eigenvalue weighted by atomic mass is 16.3. The molecule has 16 heavy (non-hydrogen) atoms. The van der Waals surface area contributed by atoms with E-state index in [1.807, 2.05) is 31.2 Å². The van der Waals surface area contributed by atoms with Gasteiger partial charge in [-0.25, -0.2) is 4.98 Å². The Kier molecular flexibility index (Phi) is 1.86. The van der Waals surface area contributed by atoms with Gasteiger partial charge in [-0.15, -0.1) is 0 Å². The Labute approximate surface area is 92.3 Å². The van der Waals surface area contributed by atoms with Crippen molar-refractivity contribution >= 4 is 21.9 Å². The molecule has 0 amide bonds. The fraction of sp³-hybridized carbons (Fsp3) is 0.154. The zero-order valence-electron chi connectivity index (χ0n) is 8.90. The minimum Gasteiger partial charge on any atom is -0.507 e. The van der Waals surface area contributed by atoms with Crippen LogP contribution in [-0.2, 0) is 6.42 Å². The second-order valence-corrected chi connectivity index (χ2v) is 3.75. The number of benzene rings is 2. The Hall–Kier alpha value is -2.03. The summed E-state index contributed by atoms with van der Waals surface area (Å²) < 4.78 is 5.66. The Morgan fingerprint density at radius 3 is 2.75 bits per heavy atom. The molecule has 0 spiro atoms. The molecule has 3 heteroatoms. The van der Waals surface area contributed by atoms with Crippen molar-refractivity contribution in [3.05, 3.63) is 36.2 Å². The summed E-state index contributed by atoms with van der Waals surface area (Å²) in [7, 11) is 0. The molecule has 0 aliphatic heterocycles. The normalized spacial score (nSPS) is 11.3. The number of aromatic nitrogens is 1. The van der Waals surface area contributed by atoms with Crippen LogP contribution in [0.5, 0.6) is 5.75 Å². The Bertz CT molecular complexity index is 670. The van der Waals surface area contributed by atoms with Gasteiger partial charge < -0.3 is 9.52 Å². The quantitative estimate of drug-likeness (QED) is 0.674. The number of aryl methyl sites for hydroxylation is 1. The van der Waals surface area contributed by atoms with Crippen LogP contribution in [-0.4, -0.2) is 10.1 Å². The third kappa shape index (κ3) is 1.18. The smallest absolute Gasteiger partial charge is 0.195 e. The molecule has 0 aliphatic rings. The largest absolute Gasteiger partial charge is 0.507 e. The van der Waals surface area contributed by atoms with Gasteiger partial charge in [-0.3, -0.25) is 0 Å². The summed E-state index contributed by atoms with van der Waals surface area (Å²) in [5.74, 6) is 0.949. The van der Waals surface area contributed by atoms with E-state index in [4.69, 9.17) is 4.42 Å². The minimum atomic E-state index is 0.249. The first-order valence-electron chi connectivity index (χ1n) is 5.29. The fourth-order valence-corrected chi connectivity index (χ4v) is 1.93. The molecule has 0 saturated heterocycles. The Morgan fingerprint density at radius 2 is 2.00 bits per heavy atom. The predicted octanol–water partition coefficient (Wildman–Crippen LogP) is 3.25. The molecule has 0 radical (unpaired) electrons. The standard InChI is InChI=1S/C13H11NO2/c1-2-12-14-10-7-11(15)8-5-3-4-6-9(8)13(10)16-12/h3-7,15H,2H2,1H3. The molecular formula is C13H11NO2. The summed E-state index contributed by atoms with van der Waals surface area (Å²) in [5.41, 5.74) is 1.47. The lowest BCUT2D eigenvalue weighted by atomic mass is 10.1. The zero-order valence-corrected chi connectivity index (χ0v) is 8.90. The number of phenols is 1. The molecule has 0 saturated carbocycles. The predicted molar refractivity (Wildman–Crippen MR) is 62.6 cm³/mol. The highest BCUT2D eigenvalue weighted by Gasteiger charge is 2.11. The summed E-state index contributed by atoms with van der Waals surface area (Å²) >= 11 is 0. The highest BCUT2D eigenvalue weighted by molar-refractivity contribution is 6.06. The molecule has 1 aromatic heterocycles. The van der Waals surface area contributed by atoms with Crippen molar-refractivity contribution in [3.8, 4) is 5.75 Å². The highest BCUT2D eigenvalue weighted by Crippen LogP contribution is 2.32. The first kappa shape index (κ1) is 9.21. The number of hydrogen-bond donors (Lipinski definition) is 1. The van der Waals surface area contributed by atoms with Gasteiger partial charge in [0.05, 0.1) is 0 Å². The average Bonchev–Trinajstić information content (AvgIpc) is 2.72. The van der Waals surface area contributed by atoms with Crippen LogP contribution in [0, 0.1) is 0 Å². The summed E-state index contributed by atoms with van der Waals surface area (Å²) in [6.45, 7) is 1.99. The molecule has 3 aromatic rings. The van der Waals surface area contributed by atoms with E-state index in [1.165, 1.54) is 0 Å². The van der Waals surface area contributed by atoms with Gasteiger partial charge in [0, 0.05) is 23.3 Å². The van der Waals surface area contributed by atoms with Crippen molar-refractivity contribution in [2.24, 2.45) is 0 Å². The lowest BCUT2D eigenvalue weighted by Gasteiger charge is -1.99. The molecule has 3 nitrogen and oxygen atoms in total. The first-order valence-corrected chi connectivity index (χ1v) is 5.29.